The number of nitrogens with two attached hydrogens (primary N) is 1. The Balaban J connectivity index is 2.28. The fourth-order valence-electron chi connectivity index (χ4n) is 2.84. The van der Waals surface area contributed by atoms with E-state index in [-0.39, 0.29) is 11.8 Å². The topological polar surface area (TPSA) is 58.7 Å². The van der Waals surface area contributed by atoms with Crippen molar-refractivity contribution >= 4 is 11.6 Å². The van der Waals surface area contributed by atoms with Gasteiger partial charge in [-0.2, -0.15) is 0 Å². The van der Waals surface area contributed by atoms with Gasteiger partial charge in [0.1, 0.15) is 0 Å². The summed E-state index contributed by atoms with van der Waals surface area (Å²) in [5.74, 6) is 0.394. The summed E-state index contributed by atoms with van der Waals surface area (Å²) >= 11 is 6.08. The first-order chi connectivity index (χ1) is 9.67. The fourth-order valence-corrected chi connectivity index (χ4v) is 3.06. The molecule has 20 heavy (non-hydrogen) atoms. The minimum atomic E-state index is -0.00967. The Kier molecular flexibility index (Phi) is 5.52. The van der Waals surface area contributed by atoms with Gasteiger partial charge < -0.3 is 15.6 Å². The lowest BCUT2D eigenvalue weighted by Gasteiger charge is -2.30. The second kappa shape index (κ2) is 7.16. The summed E-state index contributed by atoms with van der Waals surface area (Å²) in [6.07, 6.45) is 4.99. The summed E-state index contributed by atoms with van der Waals surface area (Å²) in [6.45, 7) is 2.65. The van der Waals surface area contributed by atoms with Gasteiger partial charge in [-0.05, 0) is 43.6 Å². The minimum Gasteiger partial charge on any atom is -0.503 e. The van der Waals surface area contributed by atoms with Gasteiger partial charge in [0.05, 0.1) is 12.1 Å². The van der Waals surface area contributed by atoms with E-state index in [1.165, 1.54) is 32.8 Å². The molecule has 1 atom stereocenters. The number of methoxy groups -OCH3 is 1. The largest absolute Gasteiger partial charge is 0.503 e. The highest BCUT2D eigenvalue weighted by Gasteiger charge is 2.22. The van der Waals surface area contributed by atoms with Gasteiger partial charge in [-0.3, -0.25) is 4.90 Å². The Morgan fingerprint density at radius 3 is 2.50 bits per heavy atom. The second-order valence-corrected chi connectivity index (χ2v) is 5.66. The van der Waals surface area contributed by atoms with Crippen LogP contribution in [0.15, 0.2) is 12.1 Å². The van der Waals surface area contributed by atoms with Gasteiger partial charge in [-0.15, -0.1) is 0 Å². The molecule has 1 heterocycles. The van der Waals surface area contributed by atoms with Crippen molar-refractivity contribution in [1.29, 1.82) is 0 Å². The van der Waals surface area contributed by atoms with Gasteiger partial charge in [0.15, 0.2) is 11.5 Å². The normalized spacial score (nSPS) is 18.6. The molecule has 1 aromatic rings. The first-order valence-corrected chi connectivity index (χ1v) is 7.55. The molecule has 0 saturated carbocycles. The van der Waals surface area contributed by atoms with E-state index < -0.39 is 0 Å². The zero-order chi connectivity index (χ0) is 14.5. The van der Waals surface area contributed by atoms with Crippen molar-refractivity contribution in [3.05, 3.63) is 22.7 Å². The Labute approximate surface area is 125 Å². The van der Waals surface area contributed by atoms with Crippen molar-refractivity contribution in [2.45, 2.75) is 31.7 Å². The van der Waals surface area contributed by atoms with Gasteiger partial charge in [-0.25, -0.2) is 0 Å². The molecular weight excluding hydrogens is 276 g/mol. The predicted octanol–water partition coefficient (Wildman–Crippen LogP) is 2.93. The molecule has 0 aromatic heterocycles. The van der Waals surface area contributed by atoms with E-state index in [0.717, 1.165) is 18.7 Å². The number of hydrogen-bond donors (Lipinski definition) is 2. The summed E-state index contributed by atoms with van der Waals surface area (Å²) in [4.78, 5) is 2.41. The summed E-state index contributed by atoms with van der Waals surface area (Å²) in [7, 11) is 1.53. The van der Waals surface area contributed by atoms with Gasteiger partial charge in [0, 0.05) is 12.6 Å². The van der Waals surface area contributed by atoms with Crippen LogP contribution < -0.4 is 10.5 Å². The molecule has 1 aliphatic heterocycles. The molecule has 0 bridgehead atoms. The highest BCUT2D eigenvalue weighted by atomic mass is 35.5. The zero-order valence-corrected chi connectivity index (χ0v) is 12.7. The van der Waals surface area contributed by atoms with E-state index in [2.05, 4.69) is 4.90 Å². The number of aromatic hydroxyl groups is 1. The number of rotatable bonds is 4. The maximum Gasteiger partial charge on any atom is 0.176 e. The van der Waals surface area contributed by atoms with Crippen molar-refractivity contribution in [3.63, 3.8) is 0 Å². The van der Waals surface area contributed by atoms with Crippen LogP contribution in [0.1, 0.15) is 37.3 Å². The van der Waals surface area contributed by atoms with Crippen molar-refractivity contribution < 1.29 is 9.84 Å². The second-order valence-electron chi connectivity index (χ2n) is 5.26. The van der Waals surface area contributed by atoms with Crippen LogP contribution in [0.2, 0.25) is 5.02 Å². The third-order valence-corrected chi connectivity index (χ3v) is 4.25. The maximum absolute atomic E-state index is 9.83. The minimum absolute atomic E-state index is 0.00967. The quantitative estimate of drug-likeness (QED) is 0.897. The molecule has 0 spiro atoms. The Hall–Kier alpha value is -0.970. The molecule has 4 nitrogen and oxygen atoms in total. The average Bonchev–Trinajstić information content (AvgIpc) is 2.72. The Bertz CT molecular complexity index is 446. The van der Waals surface area contributed by atoms with Crippen LogP contribution in [-0.2, 0) is 0 Å². The standard InChI is InChI=1S/C15H23ClN2O2/c1-20-14-9-11(8-12(16)15(14)19)13(10-17)18-6-4-2-3-5-7-18/h8-9,13,19H,2-7,10,17H2,1H3. The first-order valence-electron chi connectivity index (χ1n) is 7.18. The number of likely N-dealkylation sites (tertiary alicyclic amines) is 1. The molecule has 112 valence electrons. The van der Waals surface area contributed by atoms with Crippen LogP contribution in [0.5, 0.6) is 11.5 Å². The predicted molar refractivity (Wildman–Crippen MR) is 81.5 cm³/mol. The fraction of sp³-hybridized carbons (Fsp3) is 0.600. The zero-order valence-electron chi connectivity index (χ0n) is 11.9. The average molecular weight is 299 g/mol. The molecule has 0 amide bonds. The Morgan fingerprint density at radius 2 is 1.95 bits per heavy atom. The highest BCUT2D eigenvalue weighted by Crippen LogP contribution is 2.38. The van der Waals surface area contributed by atoms with Crippen molar-refractivity contribution in [3.8, 4) is 11.5 Å². The van der Waals surface area contributed by atoms with E-state index in [0.29, 0.717) is 17.3 Å². The molecular formula is C15H23ClN2O2. The van der Waals surface area contributed by atoms with E-state index in [9.17, 15) is 5.11 Å². The number of benzene rings is 1. The van der Waals surface area contributed by atoms with Gasteiger partial charge in [0.25, 0.3) is 0 Å². The van der Waals surface area contributed by atoms with Crippen molar-refractivity contribution in [2.24, 2.45) is 5.73 Å². The molecule has 1 aromatic carbocycles. The third-order valence-electron chi connectivity index (χ3n) is 3.96. The number of nitrogens with zero attached hydrogens (tertiary/aromatic N) is 1. The number of phenolic OH excluding ortho intramolecular Hbond substituents is 1. The molecule has 0 aliphatic carbocycles. The van der Waals surface area contributed by atoms with Crippen molar-refractivity contribution in [2.75, 3.05) is 26.7 Å². The lowest BCUT2D eigenvalue weighted by Crippen LogP contribution is -2.34. The van der Waals surface area contributed by atoms with E-state index in [4.69, 9.17) is 22.1 Å². The van der Waals surface area contributed by atoms with Gasteiger partial charge in [0.2, 0.25) is 0 Å². The van der Waals surface area contributed by atoms with E-state index in [1.807, 2.05) is 6.07 Å². The molecule has 1 saturated heterocycles. The van der Waals surface area contributed by atoms with E-state index in [1.54, 1.807) is 6.07 Å². The number of ether oxygens (including phenoxy) is 1. The smallest absolute Gasteiger partial charge is 0.176 e. The van der Waals surface area contributed by atoms with Crippen LogP contribution in [-0.4, -0.2) is 36.8 Å². The summed E-state index contributed by atoms with van der Waals surface area (Å²) in [6, 6.07) is 3.76. The lowest BCUT2D eigenvalue weighted by molar-refractivity contribution is 0.209. The lowest BCUT2D eigenvalue weighted by atomic mass is 10.0. The molecule has 1 unspecified atom stereocenters. The molecule has 3 N–H and O–H groups in total. The molecule has 2 rings (SSSR count). The monoisotopic (exact) mass is 298 g/mol. The summed E-state index contributed by atoms with van der Waals surface area (Å²) in [5, 5.41) is 10.1. The molecule has 0 radical (unpaired) electrons. The van der Waals surface area contributed by atoms with E-state index >= 15 is 0 Å². The van der Waals surface area contributed by atoms with Crippen LogP contribution in [0.25, 0.3) is 0 Å². The highest BCUT2D eigenvalue weighted by molar-refractivity contribution is 6.32. The summed E-state index contributed by atoms with van der Waals surface area (Å²) < 4.78 is 5.18. The van der Waals surface area contributed by atoms with Gasteiger partial charge >= 0.3 is 0 Å². The first kappa shape index (κ1) is 15.4. The van der Waals surface area contributed by atoms with Gasteiger partial charge in [-0.1, -0.05) is 24.4 Å². The molecule has 1 fully saturated rings. The van der Waals surface area contributed by atoms with Crippen LogP contribution in [0.4, 0.5) is 0 Å². The van der Waals surface area contributed by atoms with Crippen molar-refractivity contribution in [1.82, 2.24) is 4.90 Å². The summed E-state index contributed by atoms with van der Waals surface area (Å²) in [5.41, 5.74) is 6.99. The van der Waals surface area contributed by atoms with Crippen LogP contribution in [0, 0.1) is 0 Å². The number of phenols is 1. The number of hydrogen-bond acceptors (Lipinski definition) is 4. The maximum atomic E-state index is 9.83. The Morgan fingerprint density at radius 1 is 1.30 bits per heavy atom. The van der Waals surface area contributed by atoms with Crippen LogP contribution >= 0.6 is 11.6 Å². The SMILES string of the molecule is COc1cc(C(CN)N2CCCCCC2)cc(Cl)c1O. The number of halogens is 1. The van der Waals surface area contributed by atoms with Crippen LogP contribution in [0.3, 0.4) is 0 Å². The molecule has 5 heteroatoms. The molecule has 1 aliphatic rings. The third kappa shape index (κ3) is 3.37.